The second kappa shape index (κ2) is 5.07. The number of hydrogen-bond donors (Lipinski definition) is 0. The molecule has 0 unspecified atom stereocenters. The molecule has 0 saturated heterocycles. The molecule has 0 aromatic heterocycles. The Kier molecular flexibility index (Phi) is 2.87. The monoisotopic (exact) mass is 306 g/mol. The van der Waals surface area contributed by atoms with E-state index >= 15 is 0 Å². The molecule has 24 heavy (non-hydrogen) atoms. The van der Waals surface area contributed by atoms with Gasteiger partial charge in [0.2, 0.25) is 0 Å². The Morgan fingerprint density at radius 2 is 1.21 bits per heavy atom. The first-order valence-corrected chi connectivity index (χ1v) is 8.61. The van der Waals surface area contributed by atoms with Gasteiger partial charge >= 0.3 is 0 Å². The molecule has 0 aliphatic heterocycles. The summed E-state index contributed by atoms with van der Waals surface area (Å²) in [5.41, 5.74) is 1.46. The third-order valence-corrected chi connectivity index (χ3v) is 5.21. The molecule has 0 spiro atoms. The van der Waals surface area contributed by atoms with E-state index in [2.05, 4.69) is 85.8 Å². The summed E-state index contributed by atoms with van der Waals surface area (Å²) in [6, 6.07) is 28.9. The second-order valence-electron chi connectivity index (χ2n) is 6.48. The van der Waals surface area contributed by atoms with E-state index in [1.54, 1.807) is 0 Å². The molecule has 0 aliphatic rings. The fourth-order valence-corrected chi connectivity index (χ4v) is 4.13. The van der Waals surface area contributed by atoms with Crippen LogP contribution in [-0.2, 0) is 6.42 Å². The highest BCUT2D eigenvalue weighted by Gasteiger charge is 2.10. The van der Waals surface area contributed by atoms with Crippen LogP contribution in [0.15, 0.2) is 78.9 Å². The van der Waals surface area contributed by atoms with Crippen LogP contribution in [0.1, 0.15) is 12.5 Å². The summed E-state index contributed by atoms with van der Waals surface area (Å²) in [5, 5.41) is 10.8. The summed E-state index contributed by atoms with van der Waals surface area (Å²) in [4.78, 5) is 0. The predicted molar refractivity (Wildman–Crippen MR) is 106 cm³/mol. The SMILES string of the molecule is CCc1c2ccccc2cc2ccc3c4ccccc4ccc3c12. The van der Waals surface area contributed by atoms with E-state index in [1.807, 2.05) is 0 Å². The maximum Gasteiger partial charge on any atom is -0.00668 e. The van der Waals surface area contributed by atoms with Crippen molar-refractivity contribution < 1.29 is 0 Å². The average Bonchev–Trinajstić information content (AvgIpc) is 2.65. The Balaban J connectivity index is 2.07. The van der Waals surface area contributed by atoms with Crippen molar-refractivity contribution in [2.75, 3.05) is 0 Å². The van der Waals surface area contributed by atoms with Gasteiger partial charge < -0.3 is 0 Å². The largest absolute Gasteiger partial charge is 0.0616 e. The smallest absolute Gasteiger partial charge is 0.00668 e. The fourth-order valence-electron chi connectivity index (χ4n) is 4.13. The van der Waals surface area contributed by atoms with Gasteiger partial charge in [-0.25, -0.2) is 0 Å². The van der Waals surface area contributed by atoms with Crippen LogP contribution in [0.3, 0.4) is 0 Å². The quantitative estimate of drug-likeness (QED) is 0.234. The van der Waals surface area contributed by atoms with Crippen LogP contribution in [-0.4, -0.2) is 0 Å². The van der Waals surface area contributed by atoms with E-state index in [0.717, 1.165) is 6.42 Å². The van der Waals surface area contributed by atoms with Gasteiger partial charge in [-0.3, -0.25) is 0 Å². The van der Waals surface area contributed by atoms with Crippen molar-refractivity contribution in [3.63, 3.8) is 0 Å². The number of aryl methyl sites for hydroxylation is 1. The van der Waals surface area contributed by atoms with Gasteiger partial charge in [0.25, 0.3) is 0 Å². The molecule has 0 radical (unpaired) electrons. The first-order chi connectivity index (χ1) is 11.9. The molecule has 5 rings (SSSR count). The Morgan fingerprint density at radius 3 is 2.04 bits per heavy atom. The molecule has 114 valence electrons. The molecule has 0 saturated carbocycles. The first kappa shape index (κ1) is 13.6. The van der Waals surface area contributed by atoms with Gasteiger partial charge in [0, 0.05) is 0 Å². The Hall–Kier alpha value is -2.86. The Labute approximate surface area is 141 Å². The van der Waals surface area contributed by atoms with Crippen LogP contribution in [0.2, 0.25) is 0 Å². The lowest BCUT2D eigenvalue weighted by Gasteiger charge is -2.14. The zero-order chi connectivity index (χ0) is 16.1. The molecule has 0 heteroatoms. The molecule has 0 amide bonds. The van der Waals surface area contributed by atoms with E-state index in [0.29, 0.717) is 0 Å². The van der Waals surface area contributed by atoms with Crippen LogP contribution in [0.4, 0.5) is 0 Å². The van der Waals surface area contributed by atoms with Gasteiger partial charge in [0.15, 0.2) is 0 Å². The van der Waals surface area contributed by atoms with Gasteiger partial charge in [-0.2, -0.15) is 0 Å². The molecule has 5 aromatic rings. The van der Waals surface area contributed by atoms with Gasteiger partial charge in [-0.1, -0.05) is 79.7 Å². The molecular formula is C24H18. The van der Waals surface area contributed by atoms with Gasteiger partial charge in [-0.05, 0) is 61.1 Å². The topological polar surface area (TPSA) is 0 Å². The highest BCUT2D eigenvalue weighted by molar-refractivity contribution is 6.20. The summed E-state index contributed by atoms with van der Waals surface area (Å²) in [6.07, 6.45) is 1.05. The van der Waals surface area contributed by atoms with Crippen LogP contribution < -0.4 is 0 Å². The van der Waals surface area contributed by atoms with Gasteiger partial charge in [0.1, 0.15) is 0 Å². The zero-order valence-electron chi connectivity index (χ0n) is 13.7. The van der Waals surface area contributed by atoms with Crippen LogP contribution in [0.25, 0.3) is 43.1 Å². The number of hydrogen-bond acceptors (Lipinski definition) is 0. The molecule has 0 fully saturated rings. The van der Waals surface area contributed by atoms with Gasteiger partial charge in [-0.15, -0.1) is 0 Å². The van der Waals surface area contributed by atoms with E-state index in [1.165, 1.54) is 48.7 Å². The summed E-state index contributed by atoms with van der Waals surface area (Å²) in [5.74, 6) is 0. The lowest BCUT2D eigenvalue weighted by molar-refractivity contribution is 1.18. The lowest BCUT2D eigenvalue weighted by atomic mass is 9.90. The molecular weight excluding hydrogens is 288 g/mol. The van der Waals surface area contributed by atoms with E-state index < -0.39 is 0 Å². The number of fused-ring (bicyclic) bond motifs is 6. The van der Waals surface area contributed by atoms with E-state index in [9.17, 15) is 0 Å². The van der Waals surface area contributed by atoms with Crippen LogP contribution >= 0.6 is 0 Å². The minimum atomic E-state index is 1.05. The second-order valence-corrected chi connectivity index (χ2v) is 6.48. The van der Waals surface area contributed by atoms with Crippen molar-refractivity contribution >= 4 is 43.1 Å². The normalized spacial score (nSPS) is 11.7. The van der Waals surface area contributed by atoms with Gasteiger partial charge in [0.05, 0.1) is 0 Å². The van der Waals surface area contributed by atoms with E-state index in [-0.39, 0.29) is 0 Å². The third kappa shape index (κ3) is 1.80. The highest BCUT2D eigenvalue weighted by Crippen LogP contribution is 2.36. The molecule has 0 heterocycles. The maximum absolute atomic E-state index is 2.33. The van der Waals surface area contributed by atoms with Crippen molar-refractivity contribution in [1.82, 2.24) is 0 Å². The predicted octanol–water partition coefficient (Wildman–Crippen LogP) is 6.86. The molecule has 0 bridgehead atoms. The third-order valence-electron chi connectivity index (χ3n) is 5.21. The van der Waals surface area contributed by atoms with E-state index in [4.69, 9.17) is 0 Å². The average molecular weight is 306 g/mol. The zero-order valence-corrected chi connectivity index (χ0v) is 13.7. The fraction of sp³-hybridized carbons (Fsp3) is 0.0833. The van der Waals surface area contributed by atoms with Crippen molar-refractivity contribution in [2.24, 2.45) is 0 Å². The van der Waals surface area contributed by atoms with Crippen molar-refractivity contribution in [1.29, 1.82) is 0 Å². The Morgan fingerprint density at radius 1 is 0.542 bits per heavy atom. The minimum Gasteiger partial charge on any atom is -0.0616 e. The van der Waals surface area contributed by atoms with Crippen molar-refractivity contribution in [2.45, 2.75) is 13.3 Å². The molecule has 0 atom stereocenters. The van der Waals surface area contributed by atoms with Crippen molar-refractivity contribution in [3.8, 4) is 0 Å². The first-order valence-electron chi connectivity index (χ1n) is 8.61. The lowest BCUT2D eigenvalue weighted by Crippen LogP contribution is -1.89. The summed E-state index contributed by atoms with van der Waals surface area (Å²) < 4.78 is 0. The summed E-state index contributed by atoms with van der Waals surface area (Å²) >= 11 is 0. The summed E-state index contributed by atoms with van der Waals surface area (Å²) in [6.45, 7) is 2.26. The Bertz CT molecular complexity index is 1230. The number of benzene rings is 5. The standard InChI is InChI=1S/C24H18/c1-2-19-21-10-6-4-8-17(21)15-18-12-13-22-20-9-5-3-7-16(20)11-14-23(22)24(18)19/h3-15H,2H2,1H3. The van der Waals surface area contributed by atoms with Crippen molar-refractivity contribution in [3.05, 3.63) is 84.4 Å². The van der Waals surface area contributed by atoms with Crippen LogP contribution in [0, 0.1) is 0 Å². The highest BCUT2D eigenvalue weighted by atomic mass is 14.1. The molecule has 0 N–H and O–H groups in total. The molecule has 0 aliphatic carbocycles. The molecule has 5 aromatic carbocycles. The summed E-state index contributed by atoms with van der Waals surface area (Å²) in [7, 11) is 0. The number of rotatable bonds is 1. The maximum atomic E-state index is 2.33. The van der Waals surface area contributed by atoms with Crippen LogP contribution in [0.5, 0.6) is 0 Å². The minimum absolute atomic E-state index is 1.05. The molecule has 0 nitrogen and oxygen atoms in total.